The van der Waals surface area contributed by atoms with Crippen LogP contribution in [0.2, 0.25) is 0 Å². The smallest absolute Gasteiger partial charge is 0.143 e. The molecule has 12 aromatic rings. The molecule has 0 aliphatic heterocycles. The zero-order valence-corrected chi connectivity index (χ0v) is 35.5. The molecule has 0 unspecified atom stereocenters. The fraction of sp³-hybridized carbons (Fsp3) is 0.0159. The van der Waals surface area contributed by atoms with Gasteiger partial charge >= 0.3 is 0 Å². The van der Waals surface area contributed by atoms with Crippen LogP contribution in [0.5, 0.6) is 0 Å². The summed E-state index contributed by atoms with van der Waals surface area (Å²) in [6.07, 6.45) is 0. The topological polar surface area (TPSA) is 16.4 Å². The lowest BCUT2D eigenvalue weighted by Gasteiger charge is -2.35. The first kappa shape index (κ1) is 37.1. The summed E-state index contributed by atoms with van der Waals surface area (Å²) >= 11 is 0. The maximum absolute atomic E-state index is 6.56. The van der Waals surface area contributed by atoms with Crippen molar-refractivity contribution in [3.8, 4) is 33.4 Å². The molecule has 13 rings (SSSR count). The summed E-state index contributed by atoms with van der Waals surface area (Å²) in [5.41, 5.74) is 16.7. The van der Waals surface area contributed by atoms with Crippen molar-refractivity contribution in [3.05, 3.63) is 271 Å². The second-order valence-corrected chi connectivity index (χ2v) is 17.2. The third-order valence-corrected chi connectivity index (χ3v) is 13.7. The van der Waals surface area contributed by atoms with Gasteiger partial charge in [-0.25, -0.2) is 0 Å². The molecule has 1 aliphatic carbocycles. The van der Waals surface area contributed by atoms with E-state index in [4.69, 9.17) is 4.42 Å². The third-order valence-electron chi connectivity index (χ3n) is 13.7. The number of anilines is 3. The molecule has 2 nitrogen and oxygen atoms in total. The molecule has 0 bridgehead atoms. The molecule has 65 heavy (non-hydrogen) atoms. The number of furan rings is 1. The summed E-state index contributed by atoms with van der Waals surface area (Å²) < 4.78 is 6.56. The van der Waals surface area contributed by atoms with Crippen LogP contribution in [0.3, 0.4) is 0 Å². The van der Waals surface area contributed by atoms with Crippen LogP contribution in [0.1, 0.15) is 22.3 Å². The largest absolute Gasteiger partial charge is 0.455 e. The highest BCUT2D eigenvalue weighted by atomic mass is 16.3. The third kappa shape index (κ3) is 5.74. The Morgan fingerprint density at radius 1 is 0.323 bits per heavy atom. The molecular weight excluding hydrogens is 787 g/mol. The number of hydrogen-bond acceptors (Lipinski definition) is 2. The fourth-order valence-corrected chi connectivity index (χ4v) is 10.8. The van der Waals surface area contributed by atoms with E-state index in [0.717, 1.165) is 61.3 Å². The Balaban J connectivity index is 1.01. The summed E-state index contributed by atoms with van der Waals surface area (Å²) in [4.78, 5) is 2.47. The normalized spacial score (nSPS) is 12.7. The van der Waals surface area contributed by atoms with Gasteiger partial charge in [0.15, 0.2) is 0 Å². The molecule has 0 spiro atoms. The number of nitrogens with zero attached hydrogens (tertiary/aromatic N) is 1. The second kappa shape index (κ2) is 14.8. The van der Waals surface area contributed by atoms with Crippen molar-refractivity contribution in [3.63, 3.8) is 0 Å². The second-order valence-electron chi connectivity index (χ2n) is 17.2. The van der Waals surface area contributed by atoms with Crippen molar-refractivity contribution in [1.29, 1.82) is 0 Å². The van der Waals surface area contributed by atoms with Crippen LogP contribution in [0.25, 0.3) is 76.9 Å². The van der Waals surface area contributed by atoms with E-state index in [1.165, 1.54) is 54.9 Å². The van der Waals surface area contributed by atoms with E-state index in [2.05, 4.69) is 254 Å². The Labute approximate surface area is 377 Å². The molecule has 1 aromatic heterocycles. The van der Waals surface area contributed by atoms with E-state index in [0.29, 0.717) is 0 Å². The van der Waals surface area contributed by atoms with Gasteiger partial charge in [0.1, 0.15) is 11.2 Å². The van der Waals surface area contributed by atoms with Crippen LogP contribution in [0.15, 0.2) is 253 Å². The standard InChI is InChI=1S/C63H41NO/c1-4-17-43(18-5-1)51-28-16-29-56-57-39-44(33-38-61(57)65-62(51)56)42-31-34-48(35-32-42)64(60-40-45-19-10-11-24-50(45)52-25-12-13-27-55(52)60)49-36-37-54-53-26-14-15-30-58(53)63(59(54)41-49,46-20-6-2-7-21-46)47-22-8-3-9-23-47/h1-41H. The SMILES string of the molecule is c1ccc(-c2cccc3c2oc2ccc(-c4ccc(N(c5ccc6c(c5)C(c5ccccc5)(c5ccccc5)c5ccccc5-6)c5cc6ccccc6c6ccccc56)cc4)cc23)cc1. The predicted octanol–water partition coefficient (Wildman–Crippen LogP) is 17.1. The van der Waals surface area contributed by atoms with Gasteiger partial charge in [0.25, 0.3) is 0 Å². The molecule has 0 N–H and O–H groups in total. The molecule has 0 radical (unpaired) electrons. The number of benzene rings is 11. The molecule has 1 aliphatic rings. The molecule has 0 atom stereocenters. The number of rotatable bonds is 7. The average Bonchev–Trinajstić information content (AvgIpc) is 3.91. The zero-order chi connectivity index (χ0) is 42.9. The molecular formula is C63H41NO. The first-order valence-electron chi connectivity index (χ1n) is 22.4. The molecule has 0 saturated carbocycles. The molecule has 0 fully saturated rings. The van der Waals surface area contributed by atoms with Gasteiger partial charge in [-0.1, -0.05) is 206 Å². The minimum absolute atomic E-state index is 0.525. The number of hydrogen-bond donors (Lipinski definition) is 0. The summed E-state index contributed by atoms with van der Waals surface area (Å²) in [6, 6.07) is 90.9. The molecule has 304 valence electrons. The highest BCUT2D eigenvalue weighted by Crippen LogP contribution is 2.57. The molecule has 11 aromatic carbocycles. The van der Waals surface area contributed by atoms with Crippen LogP contribution in [0, 0.1) is 0 Å². The molecule has 1 heterocycles. The Morgan fingerprint density at radius 2 is 0.908 bits per heavy atom. The van der Waals surface area contributed by atoms with Crippen molar-refractivity contribution >= 4 is 60.5 Å². The highest BCUT2D eigenvalue weighted by molar-refractivity contribution is 6.15. The van der Waals surface area contributed by atoms with Crippen molar-refractivity contribution in [2.75, 3.05) is 4.90 Å². The van der Waals surface area contributed by atoms with Crippen LogP contribution < -0.4 is 4.90 Å². The lowest BCUT2D eigenvalue weighted by Crippen LogP contribution is -2.28. The Hall–Kier alpha value is -8.46. The number of para-hydroxylation sites is 1. The summed E-state index contributed by atoms with van der Waals surface area (Å²) in [7, 11) is 0. The maximum atomic E-state index is 6.56. The first-order chi connectivity index (χ1) is 32.2. The van der Waals surface area contributed by atoms with Crippen LogP contribution in [0.4, 0.5) is 17.1 Å². The monoisotopic (exact) mass is 827 g/mol. The predicted molar refractivity (Wildman–Crippen MR) is 272 cm³/mol. The van der Waals surface area contributed by atoms with Crippen LogP contribution in [-0.4, -0.2) is 0 Å². The molecule has 2 heteroatoms. The van der Waals surface area contributed by atoms with Crippen LogP contribution >= 0.6 is 0 Å². The maximum Gasteiger partial charge on any atom is 0.143 e. The minimum atomic E-state index is -0.525. The summed E-state index contributed by atoms with van der Waals surface area (Å²) in [5, 5.41) is 7.11. The highest BCUT2D eigenvalue weighted by Gasteiger charge is 2.46. The van der Waals surface area contributed by atoms with Gasteiger partial charge in [0.05, 0.1) is 11.1 Å². The van der Waals surface area contributed by atoms with Gasteiger partial charge in [0.2, 0.25) is 0 Å². The van der Waals surface area contributed by atoms with Gasteiger partial charge < -0.3 is 9.32 Å². The van der Waals surface area contributed by atoms with Crippen molar-refractivity contribution < 1.29 is 4.42 Å². The molecule has 0 amide bonds. The summed E-state index contributed by atoms with van der Waals surface area (Å²) in [6.45, 7) is 0. The Bertz CT molecular complexity index is 3720. The lowest BCUT2D eigenvalue weighted by atomic mass is 9.67. The van der Waals surface area contributed by atoms with E-state index in [9.17, 15) is 0 Å². The van der Waals surface area contributed by atoms with Gasteiger partial charge in [-0.2, -0.15) is 0 Å². The van der Waals surface area contributed by atoms with E-state index < -0.39 is 5.41 Å². The van der Waals surface area contributed by atoms with E-state index in [1.807, 2.05) is 0 Å². The quantitative estimate of drug-likeness (QED) is 0.149. The fourth-order valence-electron chi connectivity index (χ4n) is 10.8. The van der Waals surface area contributed by atoms with E-state index >= 15 is 0 Å². The van der Waals surface area contributed by atoms with E-state index in [1.54, 1.807) is 0 Å². The summed E-state index contributed by atoms with van der Waals surface area (Å²) in [5.74, 6) is 0. The first-order valence-corrected chi connectivity index (χ1v) is 22.4. The minimum Gasteiger partial charge on any atom is -0.455 e. The number of fused-ring (bicyclic) bond motifs is 9. The van der Waals surface area contributed by atoms with Gasteiger partial charge in [-0.15, -0.1) is 0 Å². The Morgan fingerprint density at radius 3 is 1.68 bits per heavy atom. The Kier molecular flexibility index (Phi) is 8.47. The van der Waals surface area contributed by atoms with E-state index in [-0.39, 0.29) is 0 Å². The average molecular weight is 828 g/mol. The van der Waals surface area contributed by atoms with Gasteiger partial charge in [-0.3, -0.25) is 0 Å². The van der Waals surface area contributed by atoms with Crippen molar-refractivity contribution in [2.24, 2.45) is 0 Å². The van der Waals surface area contributed by atoms with Gasteiger partial charge in [-0.05, 0) is 109 Å². The lowest BCUT2D eigenvalue weighted by molar-refractivity contribution is 0.670. The van der Waals surface area contributed by atoms with Crippen LogP contribution in [-0.2, 0) is 5.41 Å². The van der Waals surface area contributed by atoms with Crippen molar-refractivity contribution in [2.45, 2.75) is 5.41 Å². The zero-order valence-electron chi connectivity index (χ0n) is 35.5. The molecule has 0 saturated heterocycles. The van der Waals surface area contributed by atoms with Crippen molar-refractivity contribution in [1.82, 2.24) is 0 Å². The van der Waals surface area contributed by atoms with Gasteiger partial charge in [0, 0.05) is 33.1 Å².